The van der Waals surface area contributed by atoms with E-state index in [9.17, 15) is 4.79 Å². The van der Waals surface area contributed by atoms with Gasteiger partial charge in [-0.25, -0.2) is 0 Å². The molecule has 0 aliphatic carbocycles. The summed E-state index contributed by atoms with van der Waals surface area (Å²) in [4.78, 5) is 12.4. The van der Waals surface area contributed by atoms with Crippen LogP contribution in [0.25, 0.3) is 0 Å². The van der Waals surface area contributed by atoms with Gasteiger partial charge in [-0.15, -0.1) is 0 Å². The van der Waals surface area contributed by atoms with Gasteiger partial charge in [-0.05, 0) is 48.2 Å². The molecule has 0 fully saturated rings. The Kier molecular flexibility index (Phi) is 5.12. The van der Waals surface area contributed by atoms with Crippen LogP contribution in [0, 0.1) is 0 Å². The standard InChI is InChI=1S/C18H22N2O/c1-13(2)14-7-9-16(10-8-14)20-18(21)17-6-4-3-5-15(17)11-12-19/h3-10,13H,11-12,19H2,1-2H3,(H,20,21). The van der Waals surface area contributed by atoms with Gasteiger partial charge in [0.1, 0.15) is 0 Å². The first-order valence-corrected chi connectivity index (χ1v) is 7.31. The molecule has 0 saturated heterocycles. The van der Waals surface area contributed by atoms with Gasteiger partial charge >= 0.3 is 0 Å². The number of hydrogen-bond donors (Lipinski definition) is 2. The van der Waals surface area contributed by atoms with Crippen LogP contribution in [0.1, 0.15) is 41.3 Å². The molecule has 3 N–H and O–H groups in total. The lowest BCUT2D eigenvalue weighted by atomic mass is 10.0. The summed E-state index contributed by atoms with van der Waals surface area (Å²) in [5.74, 6) is 0.399. The molecule has 0 radical (unpaired) electrons. The van der Waals surface area contributed by atoms with Gasteiger partial charge < -0.3 is 11.1 Å². The van der Waals surface area contributed by atoms with Gasteiger partial charge in [-0.3, -0.25) is 4.79 Å². The van der Waals surface area contributed by atoms with Gasteiger partial charge in [-0.1, -0.05) is 44.2 Å². The minimum atomic E-state index is -0.0867. The molecule has 3 nitrogen and oxygen atoms in total. The van der Waals surface area contributed by atoms with Crippen LogP contribution >= 0.6 is 0 Å². The quantitative estimate of drug-likeness (QED) is 0.881. The van der Waals surface area contributed by atoms with Crippen LogP contribution in [-0.4, -0.2) is 12.5 Å². The topological polar surface area (TPSA) is 55.1 Å². The van der Waals surface area contributed by atoms with Crippen molar-refractivity contribution in [3.8, 4) is 0 Å². The van der Waals surface area contributed by atoms with Crippen molar-refractivity contribution in [1.29, 1.82) is 0 Å². The maximum atomic E-state index is 12.4. The Morgan fingerprint density at radius 3 is 2.38 bits per heavy atom. The monoisotopic (exact) mass is 282 g/mol. The van der Waals surface area contributed by atoms with Crippen molar-refractivity contribution in [2.45, 2.75) is 26.2 Å². The lowest BCUT2D eigenvalue weighted by Crippen LogP contribution is -2.15. The highest BCUT2D eigenvalue weighted by Crippen LogP contribution is 2.18. The van der Waals surface area contributed by atoms with Gasteiger partial charge in [0, 0.05) is 11.3 Å². The number of benzene rings is 2. The molecular formula is C18H22N2O. The Bertz CT molecular complexity index is 603. The van der Waals surface area contributed by atoms with E-state index < -0.39 is 0 Å². The van der Waals surface area contributed by atoms with E-state index in [0.717, 1.165) is 11.3 Å². The Labute approximate surface area is 126 Å². The van der Waals surface area contributed by atoms with Crippen molar-refractivity contribution in [3.63, 3.8) is 0 Å². The molecule has 0 spiro atoms. The maximum Gasteiger partial charge on any atom is 0.255 e. The number of hydrogen-bond acceptors (Lipinski definition) is 2. The molecule has 0 aromatic heterocycles. The lowest BCUT2D eigenvalue weighted by Gasteiger charge is -2.11. The maximum absolute atomic E-state index is 12.4. The molecule has 2 aromatic rings. The van der Waals surface area contributed by atoms with Crippen molar-refractivity contribution in [2.75, 3.05) is 11.9 Å². The second-order valence-electron chi connectivity index (χ2n) is 5.43. The summed E-state index contributed by atoms with van der Waals surface area (Å²) in [6.45, 7) is 4.83. The van der Waals surface area contributed by atoms with Crippen molar-refractivity contribution < 1.29 is 4.79 Å². The normalized spacial score (nSPS) is 10.7. The molecule has 0 aliphatic rings. The summed E-state index contributed by atoms with van der Waals surface area (Å²) in [5.41, 5.74) is 9.34. The first-order chi connectivity index (χ1) is 10.1. The zero-order chi connectivity index (χ0) is 15.2. The number of nitrogens with one attached hydrogen (secondary N) is 1. The van der Waals surface area contributed by atoms with Crippen molar-refractivity contribution in [1.82, 2.24) is 0 Å². The lowest BCUT2D eigenvalue weighted by molar-refractivity contribution is 0.102. The summed E-state index contributed by atoms with van der Waals surface area (Å²) in [7, 11) is 0. The first-order valence-electron chi connectivity index (χ1n) is 7.31. The van der Waals surface area contributed by atoms with E-state index in [1.54, 1.807) is 0 Å². The average Bonchev–Trinajstić information content (AvgIpc) is 2.48. The van der Waals surface area contributed by atoms with Crippen LogP contribution in [0.2, 0.25) is 0 Å². The predicted molar refractivity (Wildman–Crippen MR) is 87.7 cm³/mol. The van der Waals surface area contributed by atoms with Gasteiger partial charge in [0.25, 0.3) is 5.91 Å². The first kappa shape index (κ1) is 15.3. The molecule has 2 rings (SSSR count). The van der Waals surface area contributed by atoms with Crippen LogP contribution < -0.4 is 11.1 Å². The molecular weight excluding hydrogens is 260 g/mol. The van der Waals surface area contributed by atoms with E-state index in [2.05, 4.69) is 19.2 Å². The fourth-order valence-electron chi connectivity index (χ4n) is 2.27. The number of anilines is 1. The molecule has 0 bridgehead atoms. The van der Waals surface area contributed by atoms with Gasteiger partial charge in [0.2, 0.25) is 0 Å². The van der Waals surface area contributed by atoms with E-state index in [1.807, 2.05) is 48.5 Å². The highest BCUT2D eigenvalue weighted by molar-refractivity contribution is 6.05. The van der Waals surface area contributed by atoms with Crippen LogP contribution in [0.4, 0.5) is 5.69 Å². The summed E-state index contributed by atoms with van der Waals surface area (Å²) < 4.78 is 0. The molecule has 3 heteroatoms. The van der Waals surface area contributed by atoms with E-state index in [1.165, 1.54) is 5.56 Å². The molecule has 1 amide bonds. The molecule has 0 heterocycles. The Morgan fingerprint density at radius 1 is 1.10 bits per heavy atom. The molecule has 21 heavy (non-hydrogen) atoms. The number of amides is 1. The van der Waals surface area contributed by atoms with E-state index in [0.29, 0.717) is 24.4 Å². The summed E-state index contributed by atoms with van der Waals surface area (Å²) in [5, 5.41) is 2.94. The SMILES string of the molecule is CC(C)c1ccc(NC(=O)c2ccccc2CCN)cc1. The Hall–Kier alpha value is -2.13. The van der Waals surface area contributed by atoms with E-state index in [4.69, 9.17) is 5.73 Å². The molecule has 0 saturated carbocycles. The third-order valence-corrected chi connectivity index (χ3v) is 3.51. The third-order valence-electron chi connectivity index (χ3n) is 3.51. The second kappa shape index (κ2) is 7.04. The minimum Gasteiger partial charge on any atom is -0.330 e. The van der Waals surface area contributed by atoms with Crippen LogP contribution in [0.3, 0.4) is 0 Å². The van der Waals surface area contributed by atoms with E-state index >= 15 is 0 Å². The Morgan fingerprint density at radius 2 is 1.76 bits per heavy atom. The second-order valence-corrected chi connectivity index (χ2v) is 5.43. The number of carbonyl (C=O) groups is 1. The molecule has 0 aliphatic heterocycles. The Balaban J connectivity index is 2.14. The van der Waals surface area contributed by atoms with Crippen LogP contribution in [0.5, 0.6) is 0 Å². The van der Waals surface area contributed by atoms with Gasteiger partial charge in [0.15, 0.2) is 0 Å². The molecule has 2 aromatic carbocycles. The zero-order valence-electron chi connectivity index (χ0n) is 12.6. The summed E-state index contributed by atoms with van der Waals surface area (Å²) >= 11 is 0. The zero-order valence-corrected chi connectivity index (χ0v) is 12.6. The van der Waals surface area contributed by atoms with Crippen molar-refractivity contribution in [3.05, 3.63) is 65.2 Å². The van der Waals surface area contributed by atoms with E-state index in [-0.39, 0.29) is 5.91 Å². The number of rotatable bonds is 5. The predicted octanol–water partition coefficient (Wildman–Crippen LogP) is 3.56. The smallest absolute Gasteiger partial charge is 0.255 e. The largest absolute Gasteiger partial charge is 0.330 e. The fourth-order valence-corrected chi connectivity index (χ4v) is 2.27. The number of carbonyl (C=O) groups excluding carboxylic acids is 1. The van der Waals surface area contributed by atoms with Crippen molar-refractivity contribution in [2.24, 2.45) is 5.73 Å². The molecule has 0 unspecified atom stereocenters. The summed E-state index contributed by atoms with van der Waals surface area (Å²) in [6, 6.07) is 15.6. The van der Waals surface area contributed by atoms with Crippen LogP contribution in [0.15, 0.2) is 48.5 Å². The molecule has 0 atom stereocenters. The highest BCUT2D eigenvalue weighted by atomic mass is 16.1. The minimum absolute atomic E-state index is 0.0867. The molecule has 110 valence electrons. The summed E-state index contributed by atoms with van der Waals surface area (Å²) in [6.07, 6.45) is 0.704. The van der Waals surface area contributed by atoms with Crippen LogP contribution in [-0.2, 0) is 6.42 Å². The average molecular weight is 282 g/mol. The van der Waals surface area contributed by atoms with Crippen molar-refractivity contribution >= 4 is 11.6 Å². The third kappa shape index (κ3) is 3.92. The van der Waals surface area contributed by atoms with Gasteiger partial charge in [0.05, 0.1) is 0 Å². The highest BCUT2D eigenvalue weighted by Gasteiger charge is 2.10. The number of nitrogens with two attached hydrogens (primary N) is 1. The fraction of sp³-hybridized carbons (Fsp3) is 0.278. The van der Waals surface area contributed by atoms with Gasteiger partial charge in [-0.2, -0.15) is 0 Å².